The first kappa shape index (κ1) is 24.2. The molecule has 1 atom stereocenters. The number of nitrogens with one attached hydrogen (secondary N) is 3. The van der Waals surface area contributed by atoms with E-state index in [1.54, 1.807) is 6.07 Å². The number of fused-ring (bicyclic) bond motifs is 1. The fourth-order valence-corrected chi connectivity index (χ4v) is 5.99. The minimum Gasteiger partial charge on any atom is -0.338 e. The summed E-state index contributed by atoms with van der Waals surface area (Å²) in [6.45, 7) is 11.3. The van der Waals surface area contributed by atoms with Crippen LogP contribution in [0, 0.1) is 32.1 Å². The number of rotatable bonds is 5. The molecular weight excluding hydrogens is 444 g/mol. The van der Waals surface area contributed by atoms with Gasteiger partial charge in [-0.1, -0.05) is 49.3 Å². The van der Waals surface area contributed by atoms with E-state index in [9.17, 15) is 9.59 Å². The highest BCUT2D eigenvalue weighted by molar-refractivity contribution is 7.22. The molecule has 6 nitrogen and oxygen atoms in total. The first-order valence-electron chi connectivity index (χ1n) is 11.9. The van der Waals surface area contributed by atoms with Gasteiger partial charge in [0.25, 0.3) is 5.91 Å². The first-order valence-corrected chi connectivity index (χ1v) is 12.8. The summed E-state index contributed by atoms with van der Waals surface area (Å²) in [5.74, 6) is 0.361. The summed E-state index contributed by atoms with van der Waals surface area (Å²) in [6, 6.07) is 9.31. The van der Waals surface area contributed by atoms with Gasteiger partial charge < -0.3 is 10.6 Å². The molecule has 34 heavy (non-hydrogen) atoms. The molecule has 1 fully saturated rings. The highest BCUT2D eigenvalue weighted by Crippen LogP contribution is 2.38. The van der Waals surface area contributed by atoms with Crippen LogP contribution >= 0.6 is 11.3 Å². The molecule has 180 valence electrons. The summed E-state index contributed by atoms with van der Waals surface area (Å²) in [7, 11) is 0. The summed E-state index contributed by atoms with van der Waals surface area (Å²) in [5, 5.41) is 9.44. The van der Waals surface area contributed by atoms with E-state index in [4.69, 9.17) is 0 Å². The van der Waals surface area contributed by atoms with Crippen LogP contribution in [0.25, 0.3) is 10.2 Å². The standard InChI is InChI=1S/C27H34N4O2S/c1-16-11-17(2)23(18(3)12-16)30-24(32)20-8-9-21-22(13-20)34-26(29-21)31-25(33)28-15-19-7-6-10-27(4,5)14-19/h8-9,11-13,19H,6-7,10,14-15H2,1-5H3,(H,30,32)(H2,28,29,31,33). The van der Waals surface area contributed by atoms with Crippen molar-refractivity contribution in [1.29, 1.82) is 0 Å². The van der Waals surface area contributed by atoms with Crippen LogP contribution in [-0.4, -0.2) is 23.5 Å². The van der Waals surface area contributed by atoms with Crippen molar-refractivity contribution in [3.63, 3.8) is 0 Å². The van der Waals surface area contributed by atoms with Crippen LogP contribution in [-0.2, 0) is 0 Å². The number of hydrogen-bond donors (Lipinski definition) is 3. The highest BCUT2D eigenvalue weighted by Gasteiger charge is 2.28. The molecule has 4 rings (SSSR count). The fourth-order valence-electron chi connectivity index (χ4n) is 5.09. The van der Waals surface area contributed by atoms with E-state index >= 15 is 0 Å². The summed E-state index contributed by atoms with van der Waals surface area (Å²) in [4.78, 5) is 29.9. The van der Waals surface area contributed by atoms with Crippen molar-refractivity contribution >= 4 is 44.3 Å². The van der Waals surface area contributed by atoms with E-state index < -0.39 is 0 Å². The lowest BCUT2D eigenvalue weighted by Crippen LogP contribution is -2.36. The summed E-state index contributed by atoms with van der Waals surface area (Å²) < 4.78 is 0.856. The fraction of sp³-hybridized carbons (Fsp3) is 0.444. The van der Waals surface area contributed by atoms with Crippen LogP contribution in [0.15, 0.2) is 30.3 Å². The summed E-state index contributed by atoms with van der Waals surface area (Å²) >= 11 is 1.37. The quantitative estimate of drug-likeness (QED) is 0.376. The number of aryl methyl sites for hydroxylation is 3. The molecule has 0 aliphatic heterocycles. The predicted octanol–water partition coefficient (Wildman–Crippen LogP) is 6.81. The number of nitrogens with zero attached hydrogens (tertiary/aromatic N) is 1. The van der Waals surface area contributed by atoms with Gasteiger partial charge >= 0.3 is 6.03 Å². The molecule has 7 heteroatoms. The molecule has 0 radical (unpaired) electrons. The van der Waals surface area contributed by atoms with Gasteiger partial charge in [-0.2, -0.15) is 0 Å². The van der Waals surface area contributed by atoms with Crippen LogP contribution < -0.4 is 16.0 Å². The van der Waals surface area contributed by atoms with Crippen molar-refractivity contribution in [2.45, 2.75) is 60.3 Å². The molecule has 0 bridgehead atoms. The van der Waals surface area contributed by atoms with Gasteiger partial charge in [-0.3, -0.25) is 10.1 Å². The number of benzene rings is 2. The molecule has 1 saturated carbocycles. The Morgan fingerprint density at radius 1 is 1.09 bits per heavy atom. The van der Waals surface area contributed by atoms with Crippen LogP contribution in [0.4, 0.5) is 15.6 Å². The summed E-state index contributed by atoms with van der Waals surface area (Å²) in [5.41, 5.74) is 5.78. The third-order valence-electron chi connectivity index (χ3n) is 6.65. The van der Waals surface area contributed by atoms with E-state index in [-0.39, 0.29) is 11.9 Å². The Morgan fingerprint density at radius 3 is 2.53 bits per heavy atom. The van der Waals surface area contributed by atoms with Crippen molar-refractivity contribution in [2.75, 3.05) is 17.2 Å². The third kappa shape index (κ3) is 5.76. The second-order valence-corrected chi connectivity index (χ2v) is 11.4. The lowest BCUT2D eigenvalue weighted by molar-refractivity contribution is 0.102. The molecule has 0 saturated heterocycles. The highest BCUT2D eigenvalue weighted by atomic mass is 32.1. The van der Waals surface area contributed by atoms with Gasteiger partial charge in [0.15, 0.2) is 5.13 Å². The maximum Gasteiger partial charge on any atom is 0.321 e. The van der Waals surface area contributed by atoms with Crippen molar-refractivity contribution in [2.24, 2.45) is 11.3 Å². The average Bonchev–Trinajstić information content (AvgIpc) is 3.15. The second-order valence-electron chi connectivity index (χ2n) is 10.4. The zero-order valence-electron chi connectivity index (χ0n) is 20.7. The Labute approximate surface area is 205 Å². The Kier molecular flexibility index (Phi) is 6.94. The van der Waals surface area contributed by atoms with Gasteiger partial charge in [-0.05, 0) is 80.7 Å². The van der Waals surface area contributed by atoms with Gasteiger partial charge in [-0.25, -0.2) is 9.78 Å². The molecule has 3 aromatic rings. The maximum absolute atomic E-state index is 12.9. The van der Waals surface area contributed by atoms with E-state index in [2.05, 4.69) is 46.9 Å². The lowest BCUT2D eigenvalue weighted by atomic mass is 9.72. The van der Waals surface area contributed by atoms with Gasteiger partial charge in [-0.15, -0.1) is 0 Å². The van der Waals surface area contributed by atoms with Crippen LogP contribution in [0.3, 0.4) is 0 Å². The molecule has 1 heterocycles. The zero-order chi connectivity index (χ0) is 24.5. The molecule has 3 amide bonds. The maximum atomic E-state index is 12.9. The lowest BCUT2D eigenvalue weighted by Gasteiger charge is -2.35. The van der Waals surface area contributed by atoms with Gasteiger partial charge in [0.1, 0.15) is 0 Å². The number of carbonyl (C=O) groups excluding carboxylic acids is 2. The molecule has 3 N–H and O–H groups in total. The Balaban J connectivity index is 1.39. The molecule has 0 spiro atoms. The second kappa shape index (κ2) is 9.74. The zero-order valence-corrected chi connectivity index (χ0v) is 21.5. The SMILES string of the molecule is Cc1cc(C)c(NC(=O)c2ccc3nc(NC(=O)NCC4CCCC(C)(C)C4)sc3c2)c(C)c1. The van der Waals surface area contributed by atoms with Crippen molar-refractivity contribution in [3.05, 3.63) is 52.6 Å². The van der Waals surface area contributed by atoms with Crippen molar-refractivity contribution < 1.29 is 9.59 Å². The minimum absolute atomic E-state index is 0.159. The monoisotopic (exact) mass is 478 g/mol. The number of thiazole rings is 1. The van der Waals surface area contributed by atoms with Gasteiger partial charge in [0, 0.05) is 17.8 Å². The third-order valence-corrected chi connectivity index (χ3v) is 7.58. The molecule has 1 aliphatic carbocycles. The largest absolute Gasteiger partial charge is 0.338 e. The van der Waals surface area contributed by atoms with E-state index in [0.29, 0.717) is 28.6 Å². The van der Waals surface area contributed by atoms with Crippen molar-refractivity contribution in [3.8, 4) is 0 Å². The van der Waals surface area contributed by atoms with Gasteiger partial charge in [0.2, 0.25) is 0 Å². The molecule has 2 aromatic carbocycles. The van der Waals surface area contributed by atoms with E-state index in [1.165, 1.54) is 29.7 Å². The predicted molar refractivity (Wildman–Crippen MR) is 141 cm³/mol. The van der Waals surface area contributed by atoms with Crippen LogP contribution in [0.5, 0.6) is 0 Å². The smallest absolute Gasteiger partial charge is 0.321 e. The van der Waals surface area contributed by atoms with Gasteiger partial charge in [0.05, 0.1) is 10.2 Å². The topological polar surface area (TPSA) is 83.1 Å². The van der Waals surface area contributed by atoms with Crippen molar-refractivity contribution in [1.82, 2.24) is 10.3 Å². The Hall–Kier alpha value is -2.93. The Bertz CT molecular complexity index is 1210. The number of carbonyl (C=O) groups is 2. The summed E-state index contributed by atoms with van der Waals surface area (Å²) in [6.07, 6.45) is 4.78. The van der Waals surface area contributed by atoms with Crippen LogP contribution in [0.2, 0.25) is 0 Å². The molecular formula is C27H34N4O2S. The first-order chi connectivity index (χ1) is 16.1. The normalized spacial score (nSPS) is 17.4. The minimum atomic E-state index is -0.231. The Morgan fingerprint density at radius 2 is 1.82 bits per heavy atom. The number of amides is 3. The number of aromatic nitrogens is 1. The number of hydrogen-bond acceptors (Lipinski definition) is 4. The average molecular weight is 479 g/mol. The number of anilines is 2. The molecule has 1 aliphatic rings. The molecule has 1 aromatic heterocycles. The molecule has 1 unspecified atom stereocenters. The van der Waals surface area contributed by atoms with E-state index in [1.807, 2.05) is 32.9 Å². The van der Waals surface area contributed by atoms with Crippen LogP contribution in [0.1, 0.15) is 66.6 Å². The van der Waals surface area contributed by atoms with E-state index in [0.717, 1.165) is 39.9 Å². The number of urea groups is 1.